The van der Waals surface area contributed by atoms with Gasteiger partial charge in [-0.05, 0) is 24.5 Å². The van der Waals surface area contributed by atoms with Crippen molar-refractivity contribution in [2.45, 2.75) is 24.2 Å². The topological polar surface area (TPSA) is 91.7 Å². The zero-order chi connectivity index (χ0) is 13.9. The van der Waals surface area contributed by atoms with Crippen LogP contribution in [-0.4, -0.2) is 30.9 Å². The van der Waals surface area contributed by atoms with Crippen LogP contribution in [0.5, 0.6) is 5.75 Å². The van der Waals surface area contributed by atoms with E-state index >= 15 is 0 Å². The highest BCUT2D eigenvalue weighted by molar-refractivity contribution is 7.90. The van der Waals surface area contributed by atoms with Gasteiger partial charge in [-0.15, -0.1) is 0 Å². The fraction of sp³-hybridized carbons (Fsp3) is 0.364. The number of halogens is 1. The number of carbonyl (C=O) groups is 1. The van der Waals surface area contributed by atoms with E-state index in [1.165, 1.54) is 6.07 Å². The van der Waals surface area contributed by atoms with Crippen molar-refractivity contribution in [2.24, 2.45) is 0 Å². The van der Waals surface area contributed by atoms with Crippen LogP contribution in [0.2, 0.25) is 0 Å². The Balaban J connectivity index is 3.06. The Labute approximate surface area is 104 Å². The van der Waals surface area contributed by atoms with Crippen LogP contribution in [0.15, 0.2) is 17.0 Å². The van der Waals surface area contributed by atoms with Gasteiger partial charge in [-0.3, -0.25) is 4.79 Å². The molecule has 0 bridgehead atoms. The number of carboxylic acids is 1. The molecule has 0 aliphatic rings. The molecule has 5 nitrogen and oxygen atoms in total. The quantitative estimate of drug-likeness (QED) is 0.846. The number of aromatic hydroxyl groups is 1. The largest absolute Gasteiger partial charge is 0.506 e. The van der Waals surface area contributed by atoms with E-state index in [2.05, 4.69) is 0 Å². The molecule has 1 aromatic rings. The average molecular weight is 276 g/mol. The molecule has 0 atom stereocenters. The van der Waals surface area contributed by atoms with E-state index in [0.29, 0.717) is 0 Å². The molecule has 1 aromatic carbocycles. The van der Waals surface area contributed by atoms with Gasteiger partial charge in [0.15, 0.2) is 9.84 Å². The molecular formula is C11H13FO5S. The second kappa shape index (κ2) is 5.34. The molecule has 18 heavy (non-hydrogen) atoms. The van der Waals surface area contributed by atoms with Gasteiger partial charge in [-0.25, -0.2) is 12.8 Å². The number of aryl methyl sites for hydroxylation is 1. The summed E-state index contributed by atoms with van der Waals surface area (Å²) in [7, 11) is -3.87. The second-order valence-corrected chi connectivity index (χ2v) is 5.86. The van der Waals surface area contributed by atoms with Crippen LogP contribution in [0.1, 0.15) is 18.4 Å². The minimum absolute atomic E-state index is 0.0782. The van der Waals surface area contributed by atoms with Crippen molar-refractivity contribution >= 4 is 15.8 Å². The lowest BCUT2D eigenvalue weighted by molar-refractivity contribution is -0.137. The predicted molar refractivity (Wildman–Crippen MR) is 61.7 cm³/mol. The lowest BCUT2D eigenvalue weighted by Crippen LogP contribution is -2.05. The number of benzene rings is 1. The standard InChI is InChI=1S/C11H13FO5S/c1-18(16,17)11-8(13)6-5-7(10(11)12)3-2-4-9(14)15/h5-6,13H,2-4H2,1H3,(H,14,15). The van der Waals surface area contributed by atoms with E-state index in [1.54, 1.807) is 0 Å². The van der Waals surface area contributed by atoms with Crippen LogP contribution in [0, 0.1) is 5.82 Å². The molecule has 0 unspecified atom stereocenters. The Morgan fingerprint density at radius 3 is 2.50 bits per heavy atom. The molecule has 0 aromatic heterocycles. The molecule has 0 fully saturated rings. The minimum atomic E-state index is -3.87. The molecule has 0 saturated carbocycles. The number of aliphatic carboxylic acids is 1. The third-order valence-corrected chi connectivity index (χ3v) is 3.49. The summed E-state index contributed by atoms with van der Waals surface area (Å²) in [4.78, 5) is 9.58. The highest BCUT2D eigenvalue weighted by Gasteiger charge is 2.21. The Hall–Kier alpha value is -1.63. The molecule has 0 spiro atoms. The van der Waals surface area contributed by atoms with Gasteiger partial charge >= 0.3 is 5.97 Å². The predicted octanol–water partition coefficient (Wildman–Crippen LogP) is 1.34. The summed E-state index contributed by atoms with van der Waals surface area (Å²) in [6.07, 6.45) is 0.960. The number of hydrogen-bond acceptors (Lipinski definition) is 4. The lowest BCUT2D eigenvalue weighted by Gasteiger charge is -2.08. The maximum atomic E-state index is 13.9. The highest BCUT2D eigenvalue weighted by Crippen LogP contribution is 2.28. The number of phenolic OH excluding ortho intramolecular Hbond substituents is 1. The molecule has 0 aliphatic carbocycles. The Morgan fingerprint density at radius 1 is 1.39 bits per heavy atom. The lowest BCUT2D eigenvalue weighted by atomic mass is 10.1. The molecule has 0 saturated heterocycles. The summed E-state index contributed by atoms with van der Waals surface area (Å²) in [6, 6.07) is 2.34. The summed E-state index contributed by atoms with van der Waals surface area (Å²) in [6.45, 7) is 0. The minimum Gasteiger partial charge on any atom is -0.506 e. The van der Waals surface area contributed by atoms with Gasteiger partial charge in [0.2, 0.25) is 0 Å². The van der Waals surface area contributed by atoms with Crippen molar-refractivity contribution in [3.05, 3.63) is 23.5 Å². The van der Waals surface area contributed by atoms with Crippen molar-refractivity contribution in [3.8, 4) is 5.75 Å². The van der Waals surface area contributed by atoms with E-state index in [4.69, 9.17) is 5.11 Å². The SMILES string of the molecule is CS(=O)(=O)c1c(O)ccc(CCCC(=O)O)c1F. The van der Waals surface area contributed by atoms with E-state index in [0.717, 1.165) is 12.3 Å². The van der Waals surface area contributed by atoms with Gasteiger partial charge in [-0.2, -0.15) is 0 Å². The summed E-state index contributed by atoms with van der Waals surface area (Å²) >= 11 is 0. The summed E-state index contributed by atoms with van der Waals surface area (Å²) < 4.78 is 36.5. The Bertz CT molecular complexity index is 565. The van der Waals surface area contributed by atoms with E-state index < -0.39 is 32.3 Å². The third-order valence-electron chi connectivity index (χ3n) is 2.36. The number of carboxylic acid groups (broad SMARTS) is 1. The van der Waals surface area contributed by atoms with E-state index in [1.807, 2.05) is 0 Å². The smallest absolute Gasteiger partial charge is 0.303 e. The second-order valence-electron chi connectivity index (χ2n) is 3.91. The van der Waals surface area contributed by atoms with Crippen LogP contribution in [0.25, 0.3) is 0 Å². The van der Waals surface area contributed by atoms with Crippen molar-refractivity contribution < 1.29 is 27.8 Å². The number of hydrogen-bond donors (Lipinski definition) is 2. The highest BCUT2D eigenvalue weighted by atomic mass is 32.2. The molecule has 0 aliphatic heterocycles. The van der Waals surface area contributed by atoms with Crippen LogP contribution in [0.3, 0.4) is 0 Å². The maximum Gasteiger partial charge on any atom is 0.303 e. The first-order valence-corrected chi connectivity index (χ1v) is 7.05. The van der Waals surface area contributed by atoms with Crippen molar-refractivity contribution in [1.29, 1.82) is 0 Å². The first-order chi connectivity index (χ1) is 8.23. The van der Waals surface area contributed by atoms with Crippen molar-refractivity contribution in [2.75, 3.05) is 6.26 Å². The Kier molecular flexibility index (Phi) is 4.28. The fourth-order valence-electron chi connectivity index (χ4n) is 1.56. The molecule has 100 valence electrons. The molecular weight excluding hydrogens is 263 g/mol. The zero-order valence-electron chi connectivity index (χ0n) is 9.68. The fourth-order valence-corrected chi connectivity index (χ4v) is 2.47. The number of rotatable bonds is 5. The normalized spacial score (nSPS) is 11.4. The van der Waals surface area contributed by atoms with Crippen LogP contribution in [0.4, 0.5) is 4.39 Å². The molecule has 0 heterocycles. The molecule has 0 amide bonds. The van der Waals surface area contributed by atoms with E-state index in [9.17, 15) is 22.7 Å². The van der Waals surface area contributed by atoms with Crippen molar-refractivity contribution in [1.82, 2.24) is 0 Å². The molecule has 2 N–H and O–H groups in total. The van der Waals surface area contributed by atoms with Gasteiger partial charge < -0.3 is 10.2 Å². The summed E-state index contributed by atoms with van der Waals surface area (Å²) in [5.41, 5.74) is 0.0782. The van der Waals surface area contributed by atoms with Gasteiger partial charge in [0.1, 0.15) is 16.5 Å². The van der Waals surface area contributed by atoms with E-state index in [-0.39, 0.29) is 24.8 Å². The molecule has 0 radical (unpaired) electrons. The first-order valence-electron chi connectivity index (χ1n) is 5.15. The van der Waals surface area contributed by atoms with Gasteiger partial charge in [0.25, 0.3) is 0 Å². The number of phenols is 1. The first kappa shape index (κ1) is 14.4. The number of sulfone groups is 1. The third kappa shape index (κ3) is 3.43. The zero-order valence-corrected chi connectivity index (χ0v) is 10.5. The average Bonchev–Trinajstić information content (AvgIpc) is 2.19. The molecule has 1 rings (SSSR count). The molecule has 7 heteroatoms. The maximum absolute atomic E-state index is 13.9. The summed E-state index contributed by atoms with van der Waals surface area (Å²) in [5.74, 6) is -2.66. The van der Waals surface area contributed by atoms with Crippen LogP contribution >= 0.6 is 0 Å². The van der Waals surface area contributed by atoms with Crippen LogP contribution < -0.4 is 0 Å². The van der Waals surface area contributed by atoms with Crippen LogP contribution in [-0.2, 0) is 21.1 Å². The van der Waals surface area contributed by atoms with Gasteiger partial charge in [0.05, 0.1) is 0 Å². The summed E-state index contributed by atoms with van der Waals surface area (Å²) in [5, 5.41) is 17.8. The van der Waals surface area contributed by atoms with Gasteiger partial charge in [-0.1, -0.05) is 6.07 Å². The Morgan fingerprint density at radius 2 is 2.00 bits per heavy atom. The van der Waals surface area contributed by atoms with Crippen molar-refractivity contribution in [3.63, 3.8) is 0 Å². The monoisotopic (exact) mass is 276 g/mol. The van der Waals surface area contributed by atoms with Gasteiger partial charge in [0, 0.05) is 12.7 Å².